The maximum absolute atomic E-state index is 14.5. The van der Waals surface area contributed by atoms with E-state index in [1.807, 2.05) is 30.3 Å². The fourth-order valence-corrected chi connectivity index (χ4v) is 7.83. The Morgan fingerprint density at radius 1 is 1.17 bits per heavy atom. The Bertz CT molecular complexity index is 1320. The minimum atomic E-state index is -1.19. The first-order chi connectivity index (χ1) is 23.2. The molecule has 262 valence electrons. The van der Waals surface area contributed by atoms with Gasteiger partial charge in [0.25, 0.3) is 0 Å². The van der Waals surface area contributed by atoms with Crippen LogP contribution in [0.25, 0.3) is 0 Å². The third-order valence-electron chi connectivity index (χ3n) is 10.1. The molecule has 3 amide bonds. The molecule has 2 bridgehead atoms. The van der Waals surface area contributed by atoms with Crippen molar-refractivity contribution in [2.75, 3.05) is 59.1 Å². The van der Waals surface area contributed by atoms with E-state index in [2.05, 4.69) is 23.4 Å². The number of nitrogens with one attached hydrogen (secondary N) is 1. The highest BCUT2D eigenvalue weighted by Crippen LogP contribution is 2.59. The molecule has 12 heteroatoms. The van der Waals surface area contributed by atoms with Crippen molar-refractivity contribution in [2.45, 2.75) is 68.9 Å². The summed E-state index contributed by atoms with van der Waals surface area (Å²) in [4.78, 5) is 61.1. The Morgan fingerprint density at radius 3 is 2.60 bits per heavy atom. The molecule has 0 saturated carbocycles. The third kappa shape index (κ3) is 7.36. The van der Waals surface area contributed by atoms with Gasteiger partial charge in [-0.3, -0.25) is 24.1 Å². The summed E-state index contributed by atoms with van der Waals surface area (Å²) in [6, 6.07) is 7.69. The van der Waals surface area contributed by atoms with Crippen molar-refractivity contribution in [3.63, 3.8) is 0 Å². The van der Waals surface area contributed by atoms with Gasteiger partial charge in [0, 0.05) is 52.3 Å². The number of amides is 3. The van der Waals surface area contributed by atoms with Crippen LogP contribution in [-0.2, 0) is 33.4 Å². The molecule has 1 spiro atoms. The average Bonchev–Trinajstić information content (AvgIpc) is 3.74. The van der Waals surface area contributed by atoms with E-state index in [0.717, 1.165) is 13.1 Å². The van der Waals surface area contributed by atoms with Crippen molar-refractivity contribution in [2.24, 2.45) is 11.8 Å². The SMILES string of the molecule is C=CCCC(=O)N[C@H](C)[C@@H](OC(=O)[C@@H]1[C@H]2C(=O)N(CCCO)[C@H](C(=O)N(CC=C)CCN3CCOCC3)[C@]23CC[C@H]1O3)c1ccccc1. The smallest absolute Gasteiger partial charge is 0.313 e. The number of carbonyl (C=O) groups excluding carboxylic acids is 4. The third-order valence-corrected chi connectivity index (χ3v) is 10.1. The molecular weight excluding hydrogens is 616 g/mol. The Hall–Kier alpha value is -3.58. The Labute approximate surface area is 283 Å². The van der Waals surface area contributed by atoms with E-state index in [1.165, 1.54) is 4.90 Å². The fourth-order valence-electron chi connectivity index (χ4n) is 7.83. The maximum Gasteiger partial charge on any atom is 0.313 e. The number of fused-ring (bicyclic) bond motifs is 1. The van der Waals surface area contributed by atoms with Crippen molar-refractivity contribution in [1.29, 1.82) is 0 Å². The zero-order valence-corrected chi connectivity index (χ0v) is 28.0. The number of esters is 1. The number of hydrogen-bond donors (Lipinski definition) is 2. The molecule has 5 rings (SSSR count). The van der Waals surface area contributed by atoms with Crippen LogP contribution in [0.3, 0.4) is 0 Å². The summed E-state index contributed by atoms with van der Waals surface area (Å²) in [6.45, 7) is 13.6. The molecule has 12 nitrogen and oxygen atoms in total. The lowest BCUT2D eigenvalue weighted by atomic mass is 9.70. The highest BCUT2D eigenvalue weighted by Gasteiger charge is 2.75. The number of aliphatic hydroxyl groups excluding tert-OH is 1. The van der Waals surface area contributed by atoms with E-state index in [1.54, 1.807) is 24.0 Å². The summed E-state index contributed by atoms with van der Waals surface area (Å²) >= 11 is 0. The molecule has 48 heavy (non-hydrogen) atoms. The Balaban J connectivity index is 1.40. The van der Waals surface area contributed by atoms with Gasteiger partial charge in [0.2, 0.25) is 17.7 Å². The highest BCUT2D eigenvalue weighted by molar-refractivity contribution is 5.98. The molecule has 4 fully saturated rings. The number of morpholine rings is 1. The highest BCUT2D eigenvalue weighted by atomic mass is 16.6. The van der Waals surface area contributed by atoms with E-state index in [-0.39, 0.29) is 43.7 Å². The molecule has 1 aromatic carbocycles. The van der Waals surface area contributed by atoms with Crippen LogP contribution in [0.4, 0.5) is 0 Å². The largest absolute Gasteiger partial charge is 0.455 e. The quantitative estimate of drug-likeness (QED) is 0.189. The van der Waals surface area contributed by atoms with Crippen molar-refractivity contribution in [3.05, 3.63) is 61.2 Å². The molecule has 4 aliphatic rings. The monoisotopic (exact) mass is 666 g/mol. The summed E-state index contributed by atoms with van der Waals surface area (Å²) in [6.07, 6.45) is 3.96. The lowest BCUT2D eigenvalue weighted by Gasteiger charge is -2.37. The summed E-state index contributed by atoms with van der Waals surface area (Å²) in [5.41, 5.74) is -0.486. The molecule has 0 aromatic heterocycles. The lowest BCUT2D eigenvalue weighted by Crippen LogP contribution is -2.57. The Kier molecular flexibility index (Phi) is 12.1. The molecule has 2 N–H and O–H groups in total. The number of carbonyl (C=O) groups is 4. The Morgan fingerprint density at radius 2 is 1.92 bits per heavy atom. The van der Waals surface area contributed by atoms with Crippen molar-refractivity contribution in [1.82, 2.24) is 20.0 Å². The minimum absolute atomic E-state index is 0.153. The molecule has 4 saturated heterocycles. The van der Waals surface area contributed by atoms with Crippen LogP contribution in [0, 0.1) is 11.8 Å². The minimum Gasteiger partial charge on any atom is -0.455 e. The molecule has 1 aromatic rings. The van der Waals surface area contributed by atoms with Crippen molar-refractivity contribution >= 4 is 23.7 Å². The van der Waals surface area contributed by atoms with Gasteiger partial charge in [0.15, 0.2) is 0 Å². The average molecular weight is 667 g/mol. The van der Waals surface area contributed by atoms with Gasteiger partial charge < -0.3 is 34.4 Å². The van der Waals surface area contributed by atoms with Gasteiger partial charge in [0.05, 0.1) is 37.2 Å². The van der Waals surface area contributed by atoms with Crippen LogP contribution in [0.5, 0.6) is 0 Å². The topological polar surface area (TPSA) is 138 Å². The number of likely N-dealkylation sites (tertiary alicyclic amines) is 1. The van der Waals surface area contributed by atoms with Gasteiger partial charge in [-0.05, 0) is 38.2 Å². The van der Waals surface area contributed by atoms with E-state index in [4.69, 9.17) is 14.2 Å². The fraction of sp³-hybridized carbons (Fsp3) is 0.611. The van der Waals surface area contributed by atoms with Gasteiger partial charge >= 0.3 is 5.97 Å². The first kappa shape index (κ1) is 35.7. The van der Waals surface area contributed by atoms with Crippen LogP contribution >= 0.6 is 0 Å². The van der Waals surface area contributed by atoms with Gasteiger partial charge in [0.1, 0.15) is 17.7 Å². The number of hydrogen-bond acceptors (Lipinski definition) is 9. The lowest BCUT2D eigenvalue weighted by molar-refractivity contribution is -0.162. The summed E-state index contributed by atoms with van der Waals surface area (Å²) < 4.78 is 18.3. The molecule has 0 radical (unpaired) electrons. The van der Waals surface area contributed by atoms with Gasteiger partial charge in [-0.2, -0.15) is 0 Å². The second-order valence-electron chi connectivity index (χ2n) is 13.1. The number of ether oxygens (including phenoxy) is 3. The van der Waals surface area contributed by atoms with Crippen molar-refractivity contribution in [3.8, 4) is 0 Å². The van der Waals surface area contributed by atoms with E-state index in [0.29, 0.717) is 57.7 Å². The van der Waals surface area contributed by atoms with Gasteiger partial charge in [-0.15, -0.1) is 13.2 Å². The standard InChI is InChI=1S/C36H50N4O8/c1-4-6-13-28(42)37-25(3)31(26-11-8-7-9-12-26)47-35(45)29-27-14-15-36(48-27)30(29)33(43)40(17-10-22-41)32(36)34(44)39(16-5-2)19-18-38-20-23-46-24-21-38/h4-5,7-9,11-12,25,27,29-32,41H,1-2,6,10,13-24H2,3H3,(H,37,42)/t25-,27-,29+,30+,31-,32-,36+/m1/s1. The summed E-state index contributed by atoms with van der Waals surface area (Å²) in [5, 5.41) is 12.6. The van der Waals surface area contributed by atoms with Crippen LogP contribution in [0.2, 0.25) is 0 Å². The first-order valence-electron chi connectivity index (χ1n) is 17.2. The van der Waals surface area contributed by atoms with E-state index in [9.17, 15) is 24.3 Å². The first-order valence-corrected chi connectivity index (χ1v) is 17.2. The number of aliphatic hydroxyl groups is 1. The van der Waals surface area contributed by atoms with Crippen molar-refractivity contribution < 1.29 is 38.5 Å². The molecule has 4 heterocycles. The van der Waals surface area contributed by atoms with Crippen LogP contribution in [0.1, 0.15) is 50.7 Å². The number of allylic oxidation sites excluding steroid dienone is 1. The molecule has 7 atom stereocenters. The summed E-state index contributed by atoms with van der Waals surface area (Å²) in [5.74, 6) is -3.19. The number of benzene rings is 1. The van der Waals surface area contributed by atoms with Crippen LogP contribution in [0.15, 0.2) is 55.6 Å². The molecule has 4 aliphatic heterocycles. The maximum atomic E-state index is 14.5. The second kappa shape index (κ2) is 16.2. The normalized spacial score (nSPS) is 27.6. The van der Waals surface area contributed by atoms with Gasteiger partial charge in [-0.25, -0.2) is 0 Å². The van der Waals surface area contributed by atoms with Crippen LogP contribution in [-0.4, -0.2) is 126 Å². The van der Waals surface area contributed by atoms with E-state index < -0.39 is 47.7 Å². The predicted molar refractivity (Wildman–Crippen MR) is 177 cm³/mol. The zero-order chi connectivity index (χ0) is 34.3. The number of nitrogens with zero attached hydrogens (tertiary/aromatic N) is 3. The molecular formula is C36H50N4O8. The summed E-state index contributed by atoms with van der Waals surface area (Å²) in [7, 11) is 0. The predicted octanol–water partition coefficient (Wildman–Crippen LogP) is 1.85. The van der Waals surface area contributed by atoms with Gasteiger partial charge in [-0.1, -0.05) is 42.5 Å². The molecule has 0 aliphatic carbocycles. The number of rotatable bonds is 17. The van der Waals surface area contributed by atoms with Crippen LogP contribution < -0.4 is 5.32 Å². The van der Waals surface area contributed by atoms with E-state index >= 15 is 0 Å². The molecule has 0 unspecified atom stereocenters. The zero-order valence-electron chi connectivity index (χ0n) is 28.0. The second-order valence-corrected chi connectivity index (χ2v) is 13.1.